The van der Waals surface area contributed by atoms with Crippen molar-refractivity contribution in [2.45, 2.75) is 32.6 Å². The fourth-order valence-electron chi connectivity index (χ4n) is 1.87. The minimum Gasteiger partial charge on any atom is -0.264 e. The lowest BCUT2D eigenvalue weighted by molar-refractivity contribution is 0.510. The van der Waals surface area contributed by atoms with Gasteiger partial charge in [-0.25, -0.2) is 0 Å². The zero-order valence-corrected chi connectivity index (χ0v) is 7.59. The van der Waals surface area contributed by atoms with E-state index in [9.17, 15) is 0 Å². The Morgan fingerprint density at radius 3 is 2.83 bits per heavy atom. The number of rotatable bonds is 0. The summed E-state index contributed by atoms with van der Waals surface area (Å²) in [4.78, 5) is 4.16. The molecule has 1 aromatic rings. The molecule has 0 spiro atoms. The summed E-state index contributed by atoms with van der Waals surface area (Å²) in [7, 11) is 0. The zero-order valence-electron chi connectivity index (χ0n) is 7.59. The summed E-state index contributed by atoms with van der Waals surface area (Å²) in [6.45, 7) is 2.35. The van der Waals surface area contributed by atoms with E-state index in [1.165, 1.54) is 36.8 Å². The molecule has 1 aliphatic carbocycles. The Bertz CT molecular complexity index is 240. The van der Waals surface area contributed by atoms with Crippen LogP contribution in [-0.2, 0) is 12.8 Å². The van der Waals surface area contributed by atoms with E-state index < -0.39 is 0 Å². The number of fused-ring (bicyclic) bond motifs is 1. The number of hydrogen-bond donors (Lipinski definition) is 0. The van der Waals surface area contributed by atoms with Gasteiger partial charge in [-0.1, -0.05) is 6.92 Å². The van der Waals surface area contributed by atoms with E-state index in [1.54, 1.807) is 0 Å². The van der Waals surface area contributed by atoms with Crippen molar-refractivity contribution in [2.24, 2.45) is 5.92 Å². The van der Waals surface area contributed by atoms with Crippen LogP contribution in [0.2, 0.25) is 0 Å². The molecule has 0 saturated heterocycles. The molecule has 0 radical (unpaired) electrons. The first-order chi connectivity index (χ1) is 5.86. The van der Waals surface area contributed by atoms with Crippen LogP contribution >= 0.6 is 0 Å². The van der Waals surface area contributed by atoms with E-state index in [4.69, 9.17) is 0 Å². The average molecular weight is 161 g/mol. The second kappa shape index (κ2) is 3.26. The van der Waals surface area contributed by atoms with Gasteiger partial charge in [0, 0.05) is 12.4 Å². The molecule has 0 aromatic carbocycles. The first-order valence-electron chi connectivity index (χ1n) is 4.78. The Morgan fingerprint density at radius 2 is 2.00 bits per heavy atom. The minimum atomic E-state index is 0.886. The largest absolute Gasteiger partial charge is 0.264 e. The predicted octanol–water partition coefficient (Wildman–Crippen LogP) is 2.60. The third kappa shape index (κ3) is 1.50. The molecule has 1 unspecified atom stereocenters. The molecule has 1 aromatic heterocycles. The van der Waals surface area contributed by atoms with Crippen molar-refractivity contribution in [2.75, 3.05) is 0 Å². The van der Waals surface area contributed by atoms with Gasteiger partial charge >= 0.3 is 0 Å². The Balaban J connectivity index is 2.26. The fraction of sp³-hybridized carbons (Fsp3) is 0.545. The highest BCUT2D eigenvalue weighted by Crippen LogP contribution is 2.22. The third-order valence-corrected chi connectivity index (χ3v) is 2.82. The summed E-state index contributed by atoms with van der Waals surface area (Å²) in [6, 6.07) is 2.17. The van der Waals surface area contributed by atoms with E-state index in [2.05, 4.69) is 18.0 Å². The molecule has 1 heteroatoms. The van der Waals surface area contributed by atoms with E-state index >= 15 is 0 Å². The molecule has 12 heavy (non-hydrogen) atoms. The number of hydrogen-bond acceptors (Lipinski definition) is 1. The molecule has 1 aliphatic rings. The number of nitrogens with zero attached hydrogens (tertiary/aromatic N) is 1. The van der Waals surface area contributed by atoms with E-state index in [0.717, 1.165) is 5.92 Å². The van der Waals surface area contributed by atoms with Gasteiger partial charge in [-0.3, -0.25) is 4.98 Å². The smallest absolute Gasteiger partial charge is 0.0302 e. The predicted molar refractivity (Wildman–Crippen MR) is 50.0 cm³/mol. The van der Waals surface area contributed by atoms with Gasteiger partial charge in [-0.15, -0.1) is 0 Å². The summed E-state index contributed by atoms with van der Waals surface area (Å²) in [5, 5.41) is 0. The zero-order chi connectivity index (χ0) is 8.39. The maximum atomic E-state index is 4.16. The van der Waals surface area contributed by atoms with Gasteiger partial charge in [0.05, 0.1) is 0 Å². The van der Waals surface area contributed by atoms with Crippen LogP contribution in [-0.4, -0.2) is 4.98 Å². The van der Waals surface area contributed by atoms with Gasteiger partial charge in [-0.05, 0) is 48.8 Å². The summed E-state index contributed by atoms with van der Waals surface area (Å²) in [5.41, 5.74) is 3.00. The standard InChI is InChI=1S/C11H15N/c1-9-2-4-10-6-7-12-8-11(10)5-3-9/h6-9H,2-5H2,1H3. The van der Waals surface area contributed by atoms with Gasteiger partial charge < -0.3 is 0 Å². The molecular weight excluding hydrogens is 146 g/mol. The van der Waals surface area contributed by atoms with Gasteiger partial charge in [0.2, 0.25) is 0 Å². The average Bonchev–Trinajstić information content (AvgIpc) is 2.29. The number of pyridine rings is 1. The Morgan fingerprint density at radius 1 is 1.25 bits per heavy atom. The monoisotopic (exact) mass is 161 g/mol. The third-order valence-electron chi connectivity index (χ3n) is 2.82. The highest BCUT2D eigenvalue weighted by molar-refractivity contribution is 5.24. The molecule has 1 atom stereocenters. The van der Waals surface area contributed by atoms with Crippen molar-refractivity contribution in [3.63, 3.8) is 0 Å². The van der Waals surface area contributed by atoms with Crippen LogP contribution in [0.4, 0.5) is 0 Å². The number of aromatic nitrogens is 1. The molecule has 0 aliphatic heterocycles. The quantitative estimate of drug-likeness (QED) is 0.533. The SMILES string of the molecule is CC1CCc2ccncc2CC1. The van der Waals surface area contributed by atoms with Crippen LogP contribution in [0, 0.1) is 5.92 Å². The molecule has 0 fully saturated rings. The van der Waals surface area contributed by atoms with E-state index in [0.29, 0.717) is 0 Å². The molecular formula is C11H15N. The van der Waals surface area contributed by atoms with Crippen LogP contribution in [0.15, 0.2) is 18.5 Å². The molecule has 0 N–H and O–H groups in total. The first-order valence-corrected chi connectivity index (χ1v) is 4.78. The summed E-state index contributed by atoms with van der Waals surface area (Å²) < 4.78 is 0. The molecule has 0 bridgehead atoms. The van der Waals surface area contributed by atoms with Crippen LogP contribution in [0.5, 0.6) is 0 Å². The van der Waals surface area contributed by atoms with Gasteiger partial charge in [-0.2, -0.15) is 0 Å². The molecule has 1 nitrogen and oxygen atoms in total. The lowest BCUT2D eigenvalue weighted by Gasteiger charge is -2.03. The summed E-state index contributed by atoms with van der Waals surface area (Å²) in [5.74, 6) is 0.886. The first kappa shape index (κ1) is 7.78. The van der Waals surface area contributed by atoms with Crippen LogP contribution < -0.4 is 0 Å². The molecule has 2 rings (SSSR count). The normalized spacial score (nSPS) is 22.9. The molecule has 0 amide bonds. The van der Waals surface area contributed by atoms with E-state index in [-0.39, 0.29) is 0 Å². The lowest BCUT2D eigenvalue weighted by Crippen LogP contribution is -1.92. The van der Waals surface area contributed by atoms with Crippen molar-refractivity contribution in [1.29, 1.82) is 0 Å². The minimum absolute atomic E-state index is 0.886. The van der Waals surface area contributed by atoms with Crippen molar-refractivity contribution in [3.05, 3.63) is 29.6 Å². The Kier molecular flexibility index (Phi) is 2.11. The van der Waals surface area contributed by atoms with Gasteiger partial charge in [0.15, 0.2) is 0 Å². The maximum absolute atomic E-state index is 4.16. The Hall–Kier alpha value is -0.850. The molecule has 0 saturated carbocycles. The van der Waals surface area contributed by atoms with Crippen molar-refractivity contribution in [3.8, 4) is 0 Å². The highest BCUT2D eigenvalue weighted by Gasteiger charge is 2.11. The topological polar surface area (TPSA) is 12.9 Å². The fourth-order valence-corrected chi connectivity index (χ4v) is 1.87. The van der Waals surface area contributed by atoms with Gasteiger partial charge in [0.1, 0.15) is 0 Å². The second-order valence-corrected chi connectivity index (χ2v) is 3.83. The van der Waals surface area contributed by atoms with E-state index in [1.807, 2.05) is 12.4 Å². The van der Waals surface area contributed by atoms with Crippen molar-refractivity contribution < 1.29 is 0 Å². The Labute approximate surface area is 73.8 Å². The number of aryl methyl sites for hydroxylation is 2. The van der Waals surface area contributed by atoms with Crippen LogP contribution in [0.25, 0.3) is 0 Å². The lowest BCUT2D eigenvalue weighted by atomic mass is 10.0. The maximum Gasteiger partial charge on any atom is 0.0302 e. The summed E-state index contributed by atoms with van der Waals surface area (Å²) in [6.07, 6.45) is 9.10. The molecule has 1 heterocycles. The van der Waals surface area contributed by atoms with Crippen LogP contribution in [0.3, 0.4) is 0 Å². The van der Waals surface area contributed by atoms with Crippen molar-refractivity contribution in [1.82, 2.24) is 4.98 Å². The van der Waals surface area contributed by atoms with Crippen LogP contribution in [0.1, 0.15) is 30.9 Å². The summed E-state index contributed by atoms with van der Waals surface area (Å²) >= 11 is 0. The molecule has 64 valence electrons. The van der Waals surface area contributed by atoms with Crippen molar-refractivity contribution >= 4 is 0 Å². The van der Waals surface area contributed by atoms with Gasteiger partial charge in [0.25, 0.3) is 0 Å². The highest BCUT2D eigenvalue weighted by atomic mass is 14.6. The second-order valence-electron chi connectivity index (χ2n) is 3.83.